The molecule has 0 atom stereocenters. The molecule has 0 spiro atoms. The highest BCUT2D eigenvalue weighted by Crippen LogP contribution is 2.06. The van der Waals surface area contributed by atoms with E-state index >= 15 is 0 Å². The van der Waals surface area contributed by atoms with Crippen molar-refractivity contribution in [3.05, 3.63) is 17.5 Å². The number of nitrogens with zero attached hydrogens (tertiary/aromatic N) is 4. The number of aromatic nitrogens is 4. The van der Waals surface area contributed by atoms with Gasteiger partial charge in [-0.1, -0.05) is 0 Å². The van der Waals surface area contributed by atoms with Gasteiger partial charge < -0.3 is 10.8 Å². The number of carboxylic acid groups (broad SMARTS) is 1. The molecule has 0 aliphatic carbocycles. The van der Waals surface area contributed by atoms with Crippen molar-refractivity contribution >= 4 is 17.7 Å². The molecule has 7 heteroatoms. The second-order valence-corrected chi connectivity index (χ2v) is 2.77. The Labute approximate surface area is 78.2 Å². The Hall–Kier alpha value is -2.18. The van der Waals surface area contributed by atoms with Gasteiger partial charge in [-0.05, 0) is 13.0 Å². The van der Waals surface area contributed by atoms with Crippen LogP contribution in [0.15, 0.2) is 6.07 Å². The molecule has 0 aromatic carbocycles. The lowest BCUT2D eigenvalue weighted by molar-refractivity contribution is 0.0690. The molecule has 0 fully saturated rings. The van der Waals surface area contributed by atoms with Gasteiger partial charge in [0, 0.05) is 5.69 Å². The first kappa shape index (κ1) is 8.42. The van der Waals surface area contributed by atoms with E-state index in [0.29, 0.717) is 5.69 Å². The van der Waals surface area contributed by atoms with Gasteiger partial charge in [-0.25, -0.2) is 9.78 Å². The number of nitrogens with two attached hydrogens (primary N) is 1. The minimum absolute atomic E-state index is 0.0672. The fourth-order valence-electron chi connectivity index (χ4n) is 1.14. The normalized spacial score (nSPS) is 10.6. The van der Waals surface area contributed by atoms with E-state index in [1.807, 2.05) is 0 Å². The van der Waals surface area contributed by atoms with Crippen LogP contribution in [-0.2, 0) is 0 Å². The molecule has 2 aromatic rings. The Morgan fingerprint density at radius 1 is 1.57 bits per heavy atom. The van der Waals surface area contributed by atoms with Crippen LogP contribution in [-0.4, -0.2) is 30.7 Å². The number of rotatable bonds is 1. The van der Waals surface area contributed by atoms with Gasteiger partial charge in [0.1, 0.15) is 0 Å². The fraction of sp³-hybridized carbons (Fsp3) is 0.143. The van der Waals surface area contributed by atoms with Crippen LogP contribution in [0.25, 0.3) is 5.78 Å². The van der Waals surface area contributed by atoms with Gasteiger partial charge in [-0.15, -0.1) is 5.10 Å². The number of hydrogen-bond acceptors (Lipinski definition) is 5. The smallest absolute Gasteiger partial charge is 0.354 e. The minimum atomic E-state index is -1.10. The second-order valence-electron chi connectivity index (χ2n) is 2.77. The molecule has 0 saturated heterocycles. The number of nitrogen functional groups attached to an aromatic ring is 1. The van der Waals surface area contributed by atoms with Gasteiger partial charge in [-0.3, -0.25) is 0 Å². The lowest BCUT2D eigenvalue weighted by atomic mass is 10.3. The average molecular weight is 193 g/mol. The van der Waals surface area contributed by atoms with Crippen LogP contribution in [0.1, 0.15) is 16.2 Å². The highest BCUT2D eigenvalue weighted by Gasteiger charge is 2.10. The zero-order valence-corrected chi connectivity index (χ0v) is 7.30. The summed E-state index contributed by atoms with van der Waals surface area (Å²) in [4.78, 5) is 18.2. The summed E-state index contributed by atoms with van der Waals surface area (Å²) in [6.45, 7) is 1.70. The predicted molar refractivity (Wildman–Crippen MR) is 46.9 cm³/mol. The van der Waals surface area contributed by atoms with Gasteiger partial charge in [0.25, 0.3) is 5.78 Å². The van der Waals surface area contributed by atoms with Crippen LogP contribution in [0.5, 0.6) is 0 Å². The van der Waals surface area contributed by atoms with Crippen molar-refractivity contribution in [3.8, 4) is 0 Å². The van der Waals surface area contributed by atoms with Crippen LogP contribution in [0.3, 0.4) is 0 Å². The quantitative estimate of drug-likeness (QED) is 0.644. The third-order valence-corrected chi connectivity index (χ3v) is 1.73. The summed E-state index contributed by atoms with van der Waals surface area (Å²) in [5, 5.41) is 12.6. The Morgan fingerprint density at radius 2 is 2.29 bits per heavy atom. The van der Waals surface area contributed by atoms with Crippen molar-refractivity contribution in [1.82, 2.24) is 19.6 Å². The molecule has 2 heterocycles. The largest absolute Gasteiger partial charge is 0.477 e. The highest BCUT2D eigenvalue weighted by molar-refractivity contribution is 5.85. The van der Waals surface area contributed by atoms with E-state index in [1.165, 1.54) is 10.6 Å². The minimum Gasteiger partial charge on any atom is -0.477 e. The molecule has 0 saturated carbocycles. The lowest BCUT2D eigenvalue weighted by Gasteiger charge is -1.98. The van der Waals surface area contributed by atoms with Crippen LogP contribution in [0, 0.1) is 6.92 Å². The number of aryl methyl sites for hydroxylation is 1. The molecule has 0 unspecified atom stereocenters. The van der Waals surface area contributed by atoms with Gasteiger partial charge in [-0.2, -0.15) is 9.50 Å². The molecule has 72 valence electrons. The summed E-state index contributed by atoms with van der Waals surface area (Å²) < 4.78 is 1.39. The fourth-order valence-corrected chi connectivity index (χ4v) is 1.14. The standard InChI is InChI=1S/C7H7N5O2/c1-3-2-4(5(13)14)9-7-10-6(8)11-12(3)7/h2H,1H3,(H2,8,11)(H,13,14). The molecule has 0 aliphatic heterocycles. The predicted octanol–water partition coefficient (Wildman–Crippen LogP) is -0.287. The zero-order chi connectivity index (χ0) is 10.3. The molecule has 3 N–H and O–H groups in total. The Bertz CT molecular complexity index is 518. The van der Waals surface area contributed by atoms with Gasteiger partial charge in [0.2, 0.25) is 5.95 Å². The van der Waals surface area contributed by atoms with Crippen LogP contribution in [0.4, 0.5) is 5.95 Å². The van der Waals surface area contributed by atoms with Crippen molar-refractivity contribution in [2.75, 3.05) is 5.73 Å². The highest BCUT2D eigenvalue weighted by atomic mass is 16.4. The molecule has 2 aromatic heterocycles. The number of anilines is 1. The number of hydrogen-bond donors (Lipinski definition) is 2. The first-order chi connectivity index (χ1) is 6.58. The Balaban J connectivity index is 2.77. The van der Waals surface area contributed by atoms with E-state index in [1.54, 1.807) is 6.92 Å². The summed E-state index contributed by atoms with van der Waals surface area (Å²) in [6, 6.07) is 1.41. The summed E-state index contributed by atoms with van der Waals surface area (Å²) in [5.74, 6) is -0.833. The summed E-state index contributed by atoms with van der Waals surface area (Å²) in [6.07, 6.45) is 0. The molecule has 14 heavy (non-hydrogen) atoms. The maximum atomic E-state index is 10.7. The third-order valence-electron chi connectivity index (χ3n) is 1.73. The van der Waals surface area contributed by atoms with E-state index in [-0.39, 0.29) is 17.4 Å². The molecule has 2 rings (SSSR count). The maximum absolute atomic E-state index is 10.7. The second kappa shape index (κ2) is 2.66. The SMILES string of the molecule is Cc1cc(C(=O)O)nc2nc(N)nn12. The van der Waals surface area contributed by atoms with Crippen molar-refractivity contribution < 1.29 is 9.90 Å². The summed E-state index contributed by atoms with van der Waals surface area (Å²) >= 11 is 0. The number of carboxylic acids is 1. The monoisotopic (exact) mass is 193 g/mol. The molecule has 0 aliphatic rings. The van der Waals surface area contributed by atoms with Crippen molar-refractivity contribution in [2.24, 2.45) is 0 Å². The van der Waals surface area contributed by atoms with E-state index in [0.717, 1.165) is 0 Å². The number of fused-ring (bicyclic) bond motifs is 1. The Kier molecular flexibility index (Phi) is 1.60. The average Bonchev–Trinajstić information content (AvgIpc) is 2.45. The maximum Gasteiger partial charge on any atom is 0.354 e. The summed E-state index contributed by atoms with van der Waals surface area (Å²) in [5.41, 5.74) is 5.91. The van der Waals surface area contributed by atoms with Crippen LogP contribution in [0.2, 0.25) is 0 Å². The van der Waals surface area contributed by atoms with Crippen LogP contribution < -0.4 is 5.73 Å². The molecule has 0 amide bonds. The third kappa shape index (κ3) is 1.15. The first-order valence-electron chi connectivity index (χ1n) is 3.81. The molecular formula is C7H7N5O2. The molecule has 0 bridgehead atoms. The first-order valence-corrected chi connectivity index (χ1v) is 3.81. The number of carbonyl (C=O) groups is 1. The molecular weight excluding hydrogens is 186 g/mol. The van der Waals surface area contributed by atoms with Gasteiger partial charge in [0.15, 0.2) is 5.69 Å². The van der Waals surface area contributed by atoms with E-state index in [4.69, 9.17) is 10.8 Å². The van der Waals surface area contributed by atoms with Crippen molar-refractivity contribution in [1.29, 1.82) is 0 Å². The topological polar surface area (TPSA) is 106 Å². The Morgan fingerprint density at radius 3 is 2.93 bits per heavy atom. The molecule has 7 nitrogen and oxygen atoms in total. The van der Waals surface area contributed by atoms with E-state index < -0.39 is 5.97 Å². The van der Waals surface area contributed by atoms with Gasteiger partial charge in [0.05, 0.1) is 0 Å². The van der Waals surface area contributed by atoms with E-state index in [2.05, 4.69) is 15.1 Å². The van der Waals surface area contributed by atoms with Crippen molar-refractivity contribution in [2.45, 2.75) is 6.92 Å². The van der Waals surface area contributed by atoms with Crippen molar-refractivity contribution in [3.63, 3.8) is 0 Å². The lowest BCUT2D eigenvalue weighted by Crippen LogP contribution is -2.05. The van der Waals surface area contributed by atoms with Crippen LogP contribution >= 0.6 is 0 Å². The zero-order valence-electron chi connectivity index (χ0n) is 7.30. The number of aromatic carboxylic acids is 1. The summed E-state index contributed by atoms with van der Waals surface area (Å²) in [7, 11) is 0. The molecule has 0 radical (unpaired) electrons. The van der Waals surface area contributed by atoms with E-state index in [9.17, 15) is 4.79 Å². The van der Waals surface area contributed by atoms with Gasteiger partial charge >= 0.3 is 5.97 Å².